The second-order valence-corrected chi connectivity index (χ2v) is 5.93. The second-order valence-electron chi connectivity index (χ2n) is 5.93. The van der Waals surface area contributed by atoms with Gasteiger partial charge in [0.1, 0.15) is 0 Å². The SMILES string of the molecule is Cc1ccc(C(=O)O)c(N(CCC(C)C)C2CC2)c1. The summed E-state index contributed by atoms with van der Waals surface area (Å²) in [5.74, 6) is -0.190. The predicted octanol–water partition coefficient (Wildman–Crippen LogP) is 3.71. The lowest BCUT2D eigenvalue weighted by Gasteiger charge is -2.27. The fourth-order valence-corrected chi connectivity index (χ4v) is 2.34. The van der Waals surface area contributed by atoms with Crippen LogP contribution >= 0.6 is 0 Å². The third-order valence-corrected chi connectivity index (χ3v) is 3.63. The Balaban J connectivity index is 2.29. The number of benzene rings is 1. The van der Waals surface area contributed by atoms with Crippen LogP contribution in [0.5, 0.6) is 0 Å². The zero-order chi connectivity index (χ0) is 14.0. The maximum Gasteiger partial charge on any atom is 0.337 e. The molecule has 1 aromatic rings. The van der Waals surface area contributed by atoms with Crippen molar-refractivity contribution in [2.75, 3.05) is 11.4 Å². The normalized spacial score (nSPS) is 14.7. The highest BCUT2D eigenvalue weighted by Crippen LogP contribution is 2.34. The van der Waals surface area contributed by atoms with Crippen molar-refractivity contribution in [1.82, 2.24) is 0 Å². The lowest BCUT2D eigenvalue weighted by atomic mass is 10.1. The van der Waals surface area contributed by atoms with Gasteiger partial charge in [-0.25, -0.2) is 4.79 Å². The minimum atomic E-state index is -0.829. The average molecular weight is 261 g/mol. The fraction of sp³-hybridized carbons (Fsp3) is 0.562. The van der Waals surface area contributed by atoms with E-state index in [2.05, 4.69) is 18.7 Å². The highest BCUT2D eigenvalue weighted by molar-refractivity contribution is 5.94. The summed E-state index contributed by atoms with van der Waals surface area (Å²) in [5.41, 5.74) is 2.45. The molecule has 0 radical (unpaired) electrons. The van der Waals surface area contributed by atoms with Gasteiger partial charge in [0.05, 0.1) is 11.3 Å². The van der Waals surface area contributed by atoms with E-state index in [0.29, 0.717) is 17.5 Å². The third kappa shape index (κ3) is 3.49. The highest BCUT2D eigenvalue weighted by atomic mass is 16.4. The van der Waals surface area contributed by atoms with Gasteiger partial charge in [-0.2, -0.15) is 0 Å². The summed E-state index contributed by atoms with van der Waals surface area (Å²) in [5, 5.41) is 9.36. The van der Waals surface area contributed by atoms with Gasteiger partial charge in [0.25, 0.3) is 0 Å². The Bertz CT molecular complexity index is 464. The van der Waals surface area contributed by atoms with Gasteiger partial charge < -0.3 is 10.0 Å². The molecule has 0 aromatic heterocycles. The molecule has 1 N–H and O–H groups in total. The molecule has 104 valence electrons. The first kappa shape index (κ1) is 13.9. The van der Waals surface area contributed by atoms with Gasteiger partial charge in [-0.3, -0.25) is 0 Å². The van der Waals surface area contributed by atoms with Crippen molar-refractivity contribution in [3.8, 4) is 0 Å². The van der Waals surface area contributed by atoms with E-state index in [0.717, 1.165) is 24.2 Å². The van der Waals surface area contributed by atoms with Gasteiger partial charge in [0, 0.05) is 12.6 Å². The maximum absolute atomic E-state index is 11.4. The van der Waals surface area contributed by atoms with Crippen LogP contribution in [-0.4, -0.2) is 23.7 Å². The van der Waals surface area contributed by atoms with Crippen molar-refractivity contribution in [3.05, 3.63) is 29.3 Å². The molecule has 1 aromatic carbocycles. The van der Waals surface area contributed by atoms with E-state index < -0.39 is 5.97 Å². The van der Waals surface area contributed by atoms with E-state index in [4.69, 9.17) is 0 Å². The molecule has 1 aliphatic carbocycles. The fourth-order valence-electron chi connectivity index (χ4n) is 2.34. The van der Waals surface area contributed by atoms with Crippen LogP contribution in [-0.2, 0) is 0 Å². The lowest BCUT2D eigenvalue weighted by molar-refractivity contribution is 0.0697. The number of aryl methyl sites for hydroxylation is 1. The molecule has 2 rings (SSSR count). The Kier molecular flexibility index (Phi) is 4.13. The summed E-state index contributed by atoms with van der Waals surface area (Å²) in [7, 11) is 0. The van der Waals surface area contributed by atoms with Crippen molar-refractivity contribution < 1.29 is 9.90 Å². The van der Waals surface area contributed by atoms with Gasteiger partial charge in [-0.1, -0.05) is 19.9 Å². The Morgan fingerprint density at radius 2 is 2.11 bits per heavy atom. The van der Waals surface area contributed by atoms with Crippen molar-refractivity contribution in [1.29, 1.82) is 0 Å². The van der Waals surface area contributed by atoms with Gasteiger partial charge in [0.2, 0.25) is 0 Å². The topological polar surface area (TPSA) is 40.5 Å². The summed E-state index contributed by atoms with van der Waals surface area (Å²) in [6.45, 7) is 7.38. The number of nitrogens with zero attached hydrogens (tertiary/aromatic N) is 1. The number of carboxylic acids is 1. The first-order valence-electron chi connectivity index (χ1n) is 7.09. The summed E-state index contributed by atoms with van der Waals surface area (Å²) in [6.07, 6.45) is 3.47. The molecule has 0 saturated heterocycles. The zero-order valence-electron chi connectivity index (χ0n) is 12.0. The van der Waals surface area contributed by atoms with E-state index in [1.807, 2.05) is 19.1 Å². The van der Waals surface area contributed by atoms with Crippen LogP contribution in [0.1, 0.15) is 49.0 Å². The van der Waals surface area contributed by atoms with Crippen LogP contribution in [0.4, 0.5) is 5.69 Å². The number of carboxylic acid groups (broad SMARTS) is 1. The number of rotatable bonds is 6. The Morgan fingerprint density at radius 3 is 2.63 bits per heavy atom. The molecule has 3 heteroatoms. The van der Waals surface area contributed by atoms with Crippen LogP contribution in [0.25, 0.3) is 0 Å². The average Bonchev–Trinajstić information content (AvgIpc) is 3.13. The van der Waals surface area contributed by atoms with Crippen molar-refractivity contribution in [3.63, 3.8) is 0 Å². The number of hydrogen-bond donors (Lipinski definition) is 1. The van der Waals surface area contributed by atoms with Crippen LogP contribution in [0.15, 0.2) is 18.2 Å². The quantitative estimate of drug-likeness (QED) is 0.848. The van der Waals surface area contributed by atoms with Crippen LogP contribution in [0.3, 0.4) is 0 Å². The Labute approximate surface area is 115 Å². The van der Waals surface area contributed by atoms with Crippen LogP contribution < -0.4 is 4.90 Å². The van der Waals surface area contributed by atoms with Crippen LogP contribution in [0, 0.1) is 12.8 Å². The number of anilines is 1. The summed E-state index contributed by atoms with van der Waals surface area (Å²) < 4.78 is 0. The lowest BCUT2D eigenvalue weighted by Crippen LogP contribution is -2.29. The maximum atomic E-state index is 11.4. The molecular weight excluding hydrogens is 238 g/mol. The molecule has 0 bridgehead atoms. The molecule has 0 atom stereocenters. The van der Waals surface area contributed by atoms with E-state index in [1.165, 1.54) is 12.8 Å². The van der Waals surface area contributed by atoms with Crippen molar-refractivity contribution in [2.24, 2.45) is 5.92 Å². The molecule has 0 heterocycles. The third-order valence-electron chi connectivity index (χ3n) is 3.63. The van der Waals surface area contributed by atoms with Crippen molar-refractivity contribution in [2.45, 2.75) is 46.1 Å². The summed E-state index contributed by atoms with van der Waals surface area (Å²) in [4.78, 5) is 13.7. The Morgan fingerprint density at radius 1 is 1.42 bits per heavy atom. The number of aromatic carboxylic acids is 1. The first-order valence-corrected chi connectivity index (χ1v) is 7.09. The second kappa shape index (κ2) is 5.64. The summed E-state index contributed by atoms with van der Waals surface area (Å²) in [6, 6.07) is 6.17. The molecule has 1 aliphatic rings. The van der Waals surface area contributed by atoms with Gasteiger partial charge in [0.15, 0.2) is 0 Å². The molecule has 1 saturated carbocycles. The smallest absolute Gasteiger partial charge is 0.337 e. The van der Waals surface area contributed by atoms with E-state index in [1.54, 1.807) is 6.07 Å². The van der Waals surface area contributed by atoms with E-state index >= 15 is 0 Å². The molecule has 0 amide bonds. The van der Waals surface area contributed by atoms with E-state index in [-0.39, 0.29) is 0 Å². The molecule has 3 nitrogen and oxygen atoms in total. The number of hydrogen-bond acceptors (Lipinski definition) is 2. The first-order chi connectivity index (χ1) is 8.99. The van der Waals surface area contributed by atoms with E-state index in [9.17, 15) is 9.90 Å². The number of carbonyl (C=O) groups is 1. The van der Waals surface area contributed by atoms with Crippen LogP contribution in [0.2, 0.25) is 0 Å². The molecular formula is C16H23NO2. The Hall–Kier alpha value is -1.51. The largest absolute Gasteiger partial charge is 0.478 e. The zero-order valence-corrected chi connectivity index (χ0v) is 12.0. The predicted molar refractivity (Wildman–Crippen MR) is 78.0 cm³/mol. The molecule has 1 fully saturated rings. The van der Waals surface area contributed by atoms with Crippen molar-refractivity contribution >= 4 is 11.7 Å². The monoisotopic (exact) mass is 261 g/mol. The highest BCUT2D eigenvalue weighted by Gasteiger charge is 2.31. The van der Waals surface area contributed by atoms with Gasteiger partial charge >= 0.3 is 5.97 Å². The van der Waals surface area contributed by atoms with Gasteiger partial charge in [-0.05, 0) is 49.8 Å². The molecule has 0 aliphatic heterocycles. The summed E-state index contributed by atoms with van der Waals surface area (Å²) >= 11 is 0. The minimum Gasteiger partial charge on any atom is -0.478 e. The molecule has 19 heavy (non-hydrogen) atoms. The minimum absolute atomic E-state index is 0.432. The molecule has 0 spiro atoms. The molecule has 0 unspecified atom stereocenters. The van der Waals surface area contributed by atoms with Gasteiger partial charge in [-0.15, -0.1) is 0 Å². The standard InChI is InChI=1S/C16H23NO2/c1-11(2)8-9-17(13-5-6-13)15-10-12(3)4-7-14(15)16(18)19/h4,7,10-11,13H,5-6,8-9H2,1-3H3,(H,18,19).